The highest BCUT2D eigenvalue weighted by atomic mass is 16.3. The number of unbranched alkanes of at least 4 members (excludes halogenated alkanes) is 7. The first-order valence-corrected chi connectivity index (χ1v) is 10.6. The molecule has 0 aliphatic carbocycles. The summed E-state index contributed by atoms with van der Waals surface area (Å²) >= 11 is 0. The Hall–Kier alpha value is -0.0800. The Bertz CT molecular complexity index is 238. The zero-order valence-corrected chi connectivity index (χ0v) is 17.7. The van der Waals surface area contributed by atoms with Crippen molar-refractivity contribution in [2.75, 3.05) is 13.2 Å². The van der Waals surface area contributed by atoms with Crippen molar-refractivity contribution < 1.29 is 10.2 Å². The minimum atomic E-state index is 0.145. The maximum Gasteiger partial charge on any atom is 0.0482 e. The number of hydrogen-bond acceptors (Lipinski definition) is 2. The molecular formula is C22H48O2. The summed E-state index contributed by atoms with van der Waals surface area (Å²) in [5.41, 5.74) is 0.145. The second-order valence-electron chi connectivity index (χ2n) is 8.47. The molecule has 2 heteroatoms. The molecule has 0 heterocycles. The lowest BCUT2D eigenvalue weighted by molar-refractivity contribution is 0.147. The van der Waals surface area contributed by atoms with Crippen LogP contribution >= 0.6 is 0 Å². The molecule has 148 valence electrons. The van der Waals surface area contributed by atoms with Crippen molar-refractivity contribution in [2.45, 2.75) is 112 Å². The second-order valence-corrected chi connectivity index (χ2v) is 8.47. The number of aliphatic hydroxyl groups excluding tert-OH is 2. The summed E-state index contributed by atoms with van der Waals surface area (Å²) in [7, 11) is 0. The van der Waals surface area contributed by atoms with E-state index in [2.05, 4.69) is 41.5 Å². The van der Waals surface area contributed by atoms with E-state index in [9.17, 15) is 0 Å². The minimum absolute atomic E-state index is 0.145. The van der Waals surface area contributed by atoms with Gasteiger partial charge in [-0.2, -0.15) is 0 Å². The van der Waals surface area contributed by atoms with E-state index < -0.39 is 0 Å². The average Bonchev–Trinajstić information content (AvgIpc) is 2.58. The first kappa shape index (κ1) is 26.2. The SMILES string of the molecule is CCCCCCC(C)C(C)CO.CCCCCCCC(C)(C)CO. The predicted molar refractivity (Wildman–Crippen MR) is 108 cm³/mol. The molecule has 0 aliphatic rings. The first-order valence-electron chi connectivity index (χ1n) is 10.6. The smallest absolute Gasteiger partial charge is 0.0482 e. The molecule has 0 radical (unpaired) electrons. The Morgan fingerprint density at radius 2 is 1.21 bits per heavy atom. The fourth-order valence-electron chi connectivity index (χ4n) is 2.64. The van der Waals surface area contributed by atoms with E-state index >= 15 is 0 Å². The zero-order chi connectivity index (χ0) is 18.8. The summed E-state index contributed by atoms with van der Waals surface area (Å²) in [6.45, 7) is 13.8. The van der Waals surface area contributed by atoms with Crippen molar-refractivity contribution in [1.82, 2.24) is 0 Å². The van der Waals surface area contributed by atoms with Crippen LogP contribution in [-0.2, 0) is 0 Å². The van der Waals surface area contributed by atoms with Crippen molar-refractivity contribution >= 4 is 0 Å². The summed E-state index contributed by atoms with van der Waals surface area (Å²) in [5.74, 6) is 1.17. The van der Waals surface area contributed by atoms with Crippen LogP contribution in [0.2, 0.25) is 0 Å². The van der Waals surface area contributed by atoms with Gasteiger partial charge in [-0.3, -0.25) is 0 Å². The van der Waals surface area contributed by atoms with E-state index in [-0.39, 0.29) is 5.41 Å². The van der Waals surface area contributed by atoms with Crippen molar-refractivity contribution in [3.8, 4) is 0 Å². The summed E-state index contributed by atoms with van der Waals surface area (Å²) < 4.78 is 0. The van der Waals surface area contributed by atoms with Crippen molar-refractivity contribution in [3.05, 3.63) is 0 Å². The van der Waals surface area contributed by atoms with Gasteiger partial charge < -0.3 is 10.2 Å². The van der Waals surface area contributed by atoms with Crippen LogP contribution in [-0.4, -0.2) is 23.4 Å². The molecule has 2 unspecified atom stereocenters. The van der Waals surface area contributed by atoms with Crippen molar-refractivity contribution in [2.24, 2.45) is 17.3 Å². The van der Waals surface area contributed by atoms with Crippen LogP contribution in [0.5, 0.6) is 0 Å². The van der Waals surface area contributed by atoms with Gasteiger partial charge in [0.1, 0.15) is 0 Å². The maximum absolute atomic E-state index is 9.00. The van der Waals surface area contributed by atoms with Gasteiger partial charge in [0.15, 0.2) is 0 Å². The van der Waals surface area contributed by atoms with E-state index in [1.807, 2.05) is 0 Å². The van der Waals surface area contributed by atoms with Gasteiger partial charge in [-0.1, -0.05) is 106 Å². The fraction of sp³-hybridized carbons (Fsp3) is 1.00. The zero-order valence-electron chi connectivity index (χ0n) is 17.7. The van der Waals surface area contributed by atoms with E-state index in [1.165, 1.54) is 64.2 Å². The normalized spacial score (nSPS) is 14.0. The molecule has 0 fully saturated rings. The third-order valence-corrected chi connectivity index (χ3v) is 5.16. The van der Waals surface area contributed by atoms with E-state index in [4.69, 9.17) is 10.2 Å². The first-order chi connectivity index (χ1) is 11.3. The minimum Gasteiger partial charge on any atom is -0.396 e. The molecule has 24 heavy (non-hydrogen) atoms. The van der Waals surface area contributed by atoms with Gasteiger partial charge in [0.25, 0.3) is 0 Å². The Kier molecular flexibility index (Phi) is 19.3. The van der Waals surface area contributed by atoms with Crippen LogP contribution < -0.4 is 0 Å². The predicted octanol–water partition coefficient (Wildman–Crippen LogP) is 6.59. The second kappa shape index (κ2) is 17.7. The quantitative estimate of drug-likeness (QED) is 0.349. The fourth-order valence-corrected chi connectivity index (χ4v) is 2.64. The molecule has 0 aromatic rings. The molecule has 0 aromatic carbocycles. The Morgan fingerprint density at radius 3 is 1.67 bits per heavy atom. The van der Waals surface area contributed by atoms with Gasteiger partial charge in [0.2, 0.25) is 0 Å². The van der Waals surface area contributed by atoms with E-state index in [0.29, 0.717) is 25.0 Å². The lowest BCUT2D eigenvalue weighted by Gasteiger charge is -2.20. The van der Waals surface area contributed by atoms with Crippen molar-refractivity contribution in [3.63, 3.8) is 0 Å². The highest BCUT2D eigenvalue weighted by molar-refractivity contribution is 4.66. The summed E-state index contributed by atoms with van der Waals surface area (Å²) in [4.78, 5) is 0. The summed E-state index contributed by atoms with van der Waals surface area (Å²) in [6, 6.07) is 0. The van der Waals surface area contributed by atoms with Crippen LogP contribution in [0.15, 0.2) is 0 Å². The largest absolute Gasteiger partial charge is 0.396 e. The van der Waals surface area contributed by atoms with Gasteiger partial charge in [0, 0.05) is 13.2 Å². The Balaban J connectivity index is 0. The monoisotopic (exact) mass is 344 g/mol. The van der Waals surface area contributed by atoms with Gasteiger partial charge in [-0.15, -0.1) is 0 Å². The molecule has 0 saturated heterocycles. The molecule has 0 aliphatic heterocycles. The lowest BCUT2D eigenvalue weighted by atomic mass is 9.88. The molecule has 0 spiro atoms. The molecule has 2 N–H and O–H groups in total. The summed E-state index contributed by atoms with van der Waals surface area (Å²) in [5, 5.41) is 17.9. The Labute approximate surface area is 153 Å². The van der Waals surface area contributed by atoms with Crippen molar-refractivity contribution in [1.29, 1.82) is 0 Å². The average molecular weight is 345 g/mol. The standard InChI is InChI=1S/2C11H24O/c1-4-5-6-7-8-10(2)11(3)9-12;1-4-5-6-7-8-9-11(2,3)10-12/h10-12H,4-9H2,1-3H3;12H,4-10H2,1-3H3. The Morgan fingerprint density at radius 1 is 0.708 bits per heavy atom. The molecule has 0 saturated carbocycles. The third-order valence-electron chi connectivity index (χ3n) is 5.16. The molecule has 0 amide bonds. The molecular weight excluding hydrogens is 296 g/mol. The van der Waals surface area contributed by atoms with Crippen LogP contribution in [0.25, 0.3) is 0 Å². The van der Waals surface area contributed by atoms with Crippen LogP contribution in [0.1, 0.15) is 112 Å². The van der Waals surface area contributed by atoms with Crippen LogP contribution in [0.4, 0.5) is 0 Å². The van der Waals surface area contributed by atoms with E-state index in [0.717, 1.165) is 6.42 Å². The van der Waals surface area contributed by atoms with E-state index in [1.54, 1.807) is 0 Å². The van der Waals surface area contributed by atoms with Crippen LogP contribution in [0, 0.1) is 17.3 Å². The van der Waals surface area contributed by atoms with Gasteiger partial charge in [0.05, 0.1) is 0 Å². The number of hydrogen-bond donors (Lipinski definition) is 2. The maximum atomic E-state index is 9.00. The molecule has 2 atom stereocenters. The molecule has 0 bridgehead atoms. The van der Waals surface area contributed by atoms with Gasteiger partial charge >= 0.3 is 0 Å². The lowest BCUT2D eigenvalue weighted by Crippen LogP contribution is -2.16. The molecule has 0 aromatic heterocycles. The van der Waals surface area contributed by atoms with Gasteiger partial charge in [-0.05, 0) is 23.7 Å². The number of aliphatic hydroxyl groups is 2. The van der Waals surface area contributed by atoms with Gasteiger partial charge in [-0.25, -0.2) is 0 Å². The number of rotatable bonds is 14. The highest BCUT2D eigenvalue weighted by Crippen LogP contribution is 2.22. The molecule has 2 nitrogen and oxygen atoms in total. The molecule has 0 rings (SSSR count). The topological polar surface area (TPSA) is 40.5 Å². The van der Waals surface area contributed by atoms with Crippen LogP contribution in [0.3, 0.4) is 0 Å². The highest BCUT2D eigenvalue weighted by Gasteiger charge is 2.14. The summed E-state index contributed by atoms with van der Waals surface area (Å²) in [6.07, 6.45) is 14.4. The third kappa shape index (κ3) is 18.3.